The molecule has 5 rings (SSSR count). The minimum Gasteiger partial charge on any atom is -0.358 e. The number of hydrogen-bond donors (Lipinski definition) is 1. The molecule has 1 aliphatic heterocycles. The molecule has 3 heteroatoms. The maximum absolute atomic E-state index is 6.53. The van der Waals surface area contributed by atoms with Crippen molar-refractivity contribution in [3.8, 4) is 0 Å². The summed E-state index contributed by atoms with van der Waals surface area (Å²) in [5.41, 5.74) is 9.82. The van der Waals surface area contributed by atoms with E-state index in [-0.39, 0.29) is 0 Å². The molecule has 1 atom stereocenters. The van der Waals surface area contributed by atoms with E-state index < -0.39 is 0 Å². The Morgan fingerprint density at radius 2 is 1.85 bits per heavy atom. The van der Waals surface area contributed by atoms with E-state index in [4.69, 9.17) is 11.6 Å². The molecule has 2 aromatic rings. The highest BCUT2D eigenvalue weighted by atomic mass is 35.5. The second kappa shape index (κ2) is 11.6. The molecule has 1 heterocycles. The summed E-state index contributed by atoms with van der Waals surface area (Å²) in [6, 6.07) is 16.1. The summed E-state index contributed by atoms with van der Waals surface area (Å²) in [6.07, 6.45) is 10.8. The van der Waals surface area contributed by atoms with Gasteiger partial charge in [0.1, 0.15) is 0 Å². The number of fused-ring (bicyclic) bond motifs is 1. The first-order valence-corrected chi connectivity index (χ1v) is 13.8. The molecule has 1 N–H and O–H groups in total. The molecule has 0 amide bonds. The molecule has 182 valence electrons. The number of rotatable bonds is 6. The minimum absolute atomic E-state index is 0.637. The molecule has 0 radical (unpaired) electrons. The van der Waals surface area contributed by atoms with E-state index >= 15 is 0 Å². The van der Waals surface area contributed by atoms with Crippen molar-refractivity contribution in [3.63, 3.8) is 0 Å². The van der Waals surface area contributed by atoms with Gasteiger partial charge in [-0.05, 0) is 80.5 Å². The van der Waals surface area contributed by atoms with Crippen LogP contribution in [0.5, 0.6) is 0 Å². The Balaban J connectivity index is 0.00000133. The average Bonchev–Trinajstić information content (AvgIpc) is 3.72. The number of allylic oxidation sites excluding steroid dienone is 1. The second-order valence-electron chi connectivity index (χ2n) is 9.81. The smallest absolute Gasteiger partial charge is 0.0499 e. The van der Waals surface area contributed by atoms with Crippen LogP contribution in [-0.4, -0.2) is 24.0 Å². The third-order valence-corrected chi connectivity index (χ3v) is 7.84. The Labute approximate surface area is 212 Å². The van der Waals surface area contributed by atoms with E-state index in [1.54, 1.807) is 16.7 Å². The van der Waals surface area contributed by atoms with Crippen LogP contribution in [0.25, 0.3) is 5.70 Å². The number of nitrogens with zero attached hydrogens (tertiary/aromatic N) is 1. The van der Waals surface area contributed by atoms with Crippen LogP contribution in [0.2, 0.25) is 5.02 Å². The molecule has 3 aliphatic rings. The van der Waals surface area contributed by atoms with Crippen molar-refractivity contribution < 1.29 is 0 Å². The number of nitrogens with one attached hydrogen (secondary N) is 1. The van der Waals surface area contributed by atoms with Gasteiger partial charge in [0.15, 0.2) is 0 Å². The molecule has 0 saturated heterocycles. The molecule has 2 aromatic carbocycles. The van der Waals surface area contributed by atoms with Gasteiger partial charge in [-0.3, -0.25) is 4.90 Å². The molecular formula is C31H41ClN2. The van der Waals surface area contributed by atoms with E-state index in [2.05, 4.69) is 60.5 Å². The Morgan fingerprint density at radius 1 is 1.06 bits per heavy atom. The van der Waals surface area contributed by atoms with Crippen molar-refractivity contribution in [1.29, 1.82) is 0 Å². The minimum atomic E-state index is 0.637. The molecule has 34 heavy (non-hydrogen) atoms. The first-order chi connectivity index (χ1) is 16.6. The second-order valence-corrected chi connectivity index (χ2v) is 10.2. The van der Waals surface area contributed by atoms with E-state index in [1.807, 2.05) is 26.0 Å². The Kier molecular flexibility index (Phi) is 8.55. The molecular weight excluding hydrogens is 436 g/mol. The van der Waals surface area contributed by atoms with Gasteiger partial charge >= 0.3 is 0 Å². The third kappa shape index (κ3) is 5.78. The van der Waals surface area contributed by atoms with Crippen molar-refractivity contribution in [2.45, 2.75) is 84.6 Å². The maximum atomic E-state index is 6.53. The molecule has 0 spiro atoms. The number of benzene rings is 2. The van der Waals surface area contributed by atoms with Gasteiger partial charge in [0.2, 0.25) is 0 Å². The predicted octanol–water partition coefficient (Wildman–Crippen LogP) is 8.12. The molecule has 1 unspecified atom stereocenters. The largest absolute Gasteiger partial charge is 0.358 e. The summed E-state index contributed by atoms with van der Waals surface area (Å²) < 4.78 is 0. The molecule has 0 aromatic heterocycles. The van der Waals surface area contributed by atoms with Crippen LogP contribution in [0, 0.1) is 0 Å². The van der Waals surface area contributed by atoms with Crippen molar-refractivity contribution in [2.75, 3.05) is 13.1 Å². The third-order valence-electron chi connectivity index (χ3n) is 7.51. The topological polar surface area (TPSA) is 15.3 Å². The van der Waals surface area contributed by atoms with Crippen LogP contribution in [0.3, 0.4) is 0 Å². The fraction of sp³-hybridized carbons (Fsp3) is 0.484. The van der Waals surface area contributed by atoms with Crippen molar-refractivity contribution in [1.82, 2.24) is 10.2 Å². The fourth-order valence-electron chi connectivity index (χ4n) is 5.35. The lowest BCUT2D eigenvalue weighted by Crippen LogP contribution is -2.45. The molecule has 1 saturated carbocycles. The summed E-state index contributed by atoms with van der Waals surface area (Å²) in [4.78, 5) is 2.71. The Hall–Kier alpha value is -2.03. The monoisotopic (exact) mass is 476 g/mol. The summed E-state index contributed by atoms with van der Waals surface area (Å²) in [5, 5.41) is 4.60. The van der Waals surface area contributed by atoms with Crippen LogP contribution in [0.15, 0.2) is 59.8 Å². The molecule has 2 nitrogen and oxygen atoms in total. The lowest BCUT2D eigenvalue weighted by Gasteiger charge is -2.39. The van der Waals surface area contributed by atoms with Crippen molar-refractivity contribution in [2.24, 2.45) is 0 Å². The summed E-state index contributed by atoms with van der Waals surface area (Å²) in [6.45, 7) is 10.6. The predicted molar refractivity (Wildman–Crippen MR) is 147 cm³/mol. The van der Waals surface area contributed by atoms with E-state index in [0.717, 1.165) is 48.1 Å². The molecule has 1 fully saturated rings. The zero-order valence-corrected chi connectivity index (χ0v) is 22.2. The Morgan fingerprint density at radius 3 is 2.59 bits per heavy atom. The standard InChI is InChI=1S/C29H35ClN2.C2H6/c1-3-6-28(26-7-4-5-8-27(26)30)31-29-19-32(16-15-20(29)2)25-14-13-23-17-22(21-9-10-21)11-12-24(23)18-25;1-2/h4-8,11-12,17,21,25,31H,3,9-10,13-16,18-19H2,1-2H3;1-2H3/b28-6+;. The van der Waals surface area contributed by atoms with Gasteiger partial charge in [-0.15, -0.1) is 0 Å². The van der Waals surface area contributed by atoms with Crippen LogP contribution >= 0.6 is 11.6 Å². The highest BCUT2D eigenvalue weighted by Crippen LogP contribution is 2.41. The SMILES string of the molecule is CC.CC/C=C(/NC1=C(C)CCN(C2CCc3cc(C4CC4)ccc3C2)C1)c1ccccc1Cl. The fourth-order valence-corrected chi connectivity index (χ4v) is 5.59. The first kappa shape index (κ1) is 25.1. The highest BCUT2D eigenvalue weighted by molar-refractivity contribution is 6.32. The lowest BCUT2D eigenvalue weighted by molar-refractivity contribution is 0.185. The average molecular weight is 477 g/mol. The summed E-state index contributed by atoms with van der Waals surface area (Å²) in [7, 11) is 0. The maximum Gasteiger partial charge on any atom is 0.0499 e. The van der Waals surface area contributed by atoms with Crippen molar-refractivity contribution >= 4 is 17.3 Å². The molecule has 0 bridgehead atoms. The van der Waals surface area contributed by atoms with Crippen LogP contribution in [-0.2, 0) is 12.8 Å². The normalized spacial score (nSPS) is 21.0. The zero-order valence-electron chi connectivity index (χ0n) is 21.5. The summed E-state index contributed by atoms with van der Waals surface area (Å²) >= 11 is 6.53. The zero-order chi connectivity index (χ0) is 24.1. The van der Waals surface area contributed by atoms with Gasteiger partial charge in [0.25, 0.3) is 0 Å². The van der Waals surface area contributed by atoms with Gasteiger partial charge in [-0.1, -0.05) is 80.4 Å². The number of hydrogen-bond acceptors (Lipinski definition) is 2. The number of aryl methyl sites for hydroxylation is 1. The highest BCUT2D eigenvalue weighted by Gasteiger charge is 2.29. The number of halogens is 1. The van der Waals surface area contributed by atoms with Gasteiger partial charge < -0.3 is 5.32 Å². The Bertz CT molecular complexity index is 1050. The van der Waals surface area contributed by atoms with E-state index in [1.165, 1.54) is 43.4 Å². The van der Waals surface area contributed by atoms with Gasteiger partial charge in [0.05, 0.1) is 0 Å². The van der Waals surface area contributed by atoms with Crippen molar-refractivity contribution in [3.05, 3.63) is 87.1 Å². The van der Waals surface area contributed by atoms with Gasteiger partial charge in [-0.25, -0.2) is 0 Å². The van der Waals surface area contributed by atoms with Crippen LogP contribution in [0.1, 0.15) is 88.0 Å². The molecule has 2 aliphatic carbocycles. The lowest BCUT2D eigenvalue weighted by atomic mass is 9.85. The first-order valence-electron chi connectivity index (χ1n) is 13.4. The van der Waals surface area contributed by atoms with Gasteiger partial charge in [-0.2, -0.15) is 0 Å². The quantitative estimate of drug-likeness (QED) is 0.452. The summed E-state index contributed by atoms with van der Waals surface area (Å²) in [5.74, 6) is 0.852. The van der Waals surface area contributed by atoms with Crippen LogP contribution < -0.4 is 5.32 Å². The van der Waals surface area contributed by atoms with Crippen LogP contribution in [0.4, 0.5) is 0 Å². The van der Waals surface area contributed by atoms with E-state index in [9.17, 15) is 0 Å². The van der Waals surface area contributed by atoms with E-state index in [0.29, 0.717) is 6.04 Å². The van der Waals surface area contributed by atoms with Gasteiger partial charge in [0, 0.05) is 41.1 Å².